The van der Waals surface area contributed by atoms with Crippen LogP contribution in [0.5, 0.6) is 0 Å². The number of piperidine rings is 1. The largest absolute Gasteiger partial charge is 0.480 e. The number of aliphatic carboxylic acids is 1. The smallest absolute Gasteiger partial charge is 0.410 e. The zero-order valence-corrected chi connectivity index (χ0v) is 18.8. The van der Waals surface area contributed by atoms with E-state index in [1.165, 1.54) is 11.3 Å². The van der Waals surface area contributed by atoms with Crippen LogP contribution in [0.15, 0.2) is 40.3 Å². The molecule has 2 aliphatic rings. The molecule has 2 aromatic rings. The maximum atomic E-state index is 12.9. The maximum absolute atomic E-state index is 12.9. The molecule has 4 rings (SSSR count). The number of carboxylic acid groups (broad SMARTS) is 1. The number of amides is 1. The van der Waals surface area contributed by atoms with Crippen molar-refractivity contribution in [3.8, 4) is 0 Å². The van der Waals surface area contributed by atoms with Gasteiger partial charge in [-0.25, -0.2) is 14.6 Å². The Morgan fingerprint density at radius 3 is 2.60 bits per heavy atom. The predicted octanol–water partition coefficient (Wildman–Crippen LogP) is 4.56. The molecule has 1 unspecified atom stereocenters. The minimum absolute atomic E-state index is 0.229. The van der Waals surface area contributed by atoms with Gasteiger partial charge in [0.15, 0.2) is 0 Å². The van der Waals surface area contributed by atoms with Gasteiger partial charge in [-0.2, -0.15) is 0 Å². The lowest BCUT2D eigenvalue weighted by molar-refractivity contribution is -0.169. The minimum atomic E-state index is -1.02. The summed E-state index contributed by atoms with van der Waals surface area (Å²) in [6.45, 7) is 0.266. The van der Waals surface area contributed by atoms with Crippen LogP contribution in [0.1, 0.15) is 42.7 Å². The summed E-state index contributed by atoms with van der Waals surface area (Å²) in [5, 5.41) is 11.8. The van der Waals surface area contributed by atoms with Gasteiger partial charge in [-0.15, -0.1) is 11.3 Å². The molecule has 1 N–H and O–H groups in total. The van der Waals surface area contributed by atoms with Crippen molar-refractivity contribution >= 4 is 39.3 Å². The van der Waals surface area contributed by atoms with E-state index < -0.39 is 18.2 Å². The summed E-state index contributed by atoms with van der Waals surface area (Å²) in [7, 11) is 0. The Morgan fingerprint density at radius 2 is 2.00 bits per heavy atom. The molecule has 1 aromatic heterocycles. The highest BCUT2D eigenvalue weighted by Crippen LogP contribution is 2.53. The molecule has 2 heterocycles. The van der Waals surface area contributed by atoms with Crippen molar-refractivity contribution in [2.24, 2.45) is 0 Å². The molecule has 1 aliphatic heterocycles. The van der Waals surface area contributed by atoms with Gasteiger partial charge in [-0.05, 0) is 40.8 Å². The van der Waals surface area contributed by atoms with Crippen molar-refractivity contribution in [3.05, 3.63) is 50.9 Å². The number of likely N-dealkylation sites (tertiary alicyclic amines) is 1. The summed E-state index contributed by atoms with van der Waals surface area (Å²) in [6, 6.07) is 9.60. The highest BCUT2D eigenvalue weighted by molar-refractivity contribution is 9.10. The normalized spacial score (nSPS) is 22.5. The van der Waals surface area contributed by atoms with Crippen molar-refractivity contribution in [1.82, 2.24) is 9.88 Å². The SMILES string of the molecule is O=C(O)COC1(c2nc(Br)cs2)CCN(C(=O)OCc2ccccc2)C2(CCC2)C1. The molecule has 0 radical (unpaired) electrons. The Hall–Kier alpha value is -1.97. The van der Waals surface area contributed by atoms with E-state index in [0.29, 0.717) is 24.0 Å². The second-order valence-electron chi connectivity index (χ2n) is 7.85. The summed E-state index contributed by atoms with van der Waals surface area (Å²) >= 11 is 4.83. The molecule has 1 atom stereocenters. The van der Waals surface area contributed by atoms with Crippen LogP contribution in [0.25, 0.3) is 0 Å². The topological polar surface area (TPSA) is 89.0 Å². The van der Waals surface area contributed by atoms with Crippen molar-refractivity contribution in [3.63, 3.8) is 0 Å². The molecule has 1 aliphatic carbocycles. The first-order valence-electron chi connectivity index (χ1n) is 9.88. The van der Waals surface area contributed by atoms with E-state index in [4.69, 9.17) is 9.47 Å². The van der Waals surface area contributed by atoms with E-state index in [9.17, 15) is 14.7 Å². The fourth-order valence-electron chi connectivity index (χ4n) is 4.39. The lowest BCUT2D eigenvalue weighted by atomic mass is 9.65. The molecule has 1 amide bonds. The van der Waals surface area contributed by atoms with Crippen LogP contribution in [0.4, 0.5) is 4.79 Å². The second-order valence-corrected chi connectivity index (χ2v) is 9.52. The second kappa shape index (κ2) is 8.64. The van der Waals surface area contributed by atoms with E-state index in [-0.39, 0.29) is 18.2 Å². The number of carbonyl (C=O) groups is 2. The van der Waals surface area contributed by atoms with E-state index >= 15 is 0 Å². The molecule has 1 spiro atoms. The van der Waals surface area contributed by atoms with Gasteiger partial charge in [-0.3, -0.25) is 0 Å². The summed E-state index contributed by atoms with van der Waals surface area (Å²) in [5.41, 5.74) is -0.258. The molecule has 9 heteroatoms. The maximum Gasteiger partial charge on any atom is 0.410 e. The molecule has 1 saturated carbocycles. The van der Waals surface area contributed by atoms with E-state index in [1.807, 2.05) is 40.6 Å². The zero-order valence-electron chi connectivity index (χ0n) is 16.4. The first kappa shape index (κ1) is 21.3. The number of halogens is 1. The standard InChI is InChI=1S/C21H23BrN2O5S/c22-16-13-30-18(23-16)21(29-12-17(25)26)9-10-24(20(14-21)7-4-8-20)19(27)28-11-15-5-2-1-3-6-15/h1-3,5-6,13H,4,7-12,14H2,(H,25,26). The van der Waals surface area contributed by atoms with Crippen molar-refractivity contribution in [1.29, 1.82) is 0 Å². The van der Waals surface area contributed by atoms with Gasteiger partial charge in [0.2, 0.25) is 0 Å². The fraction of sp³-hybridized carbons (Fsp3) is 0.476. The highest BCUT2D eigenvalue weighted by atomic mass is 79.9. The van der Waals surface area contributed by atoms with Gasteiger partial charge in [0.05, 0.1) is 0 Å². The van der Waals surface area contributed by atoms with Crippen molar-refractivity contribution in [2.75, 3.05) is 13.2 Å². The number of rotatable bonds is 6. The Morgan fingerprint density at radius 1 is 1.23 bits per heavy atom. The lowest BCUT2D eigenvalue weighted by Gasteiger charge is -2.57. The molecule has 7 nitrogen and oxygen atoms in total. The summed E-state index contributed by atoms with van der Waals surface area (Å²) in [4.78, 5) is 30.5. The first-order valence-corrected chi connectivity index (χ1v) is 11.6. The Kier molecular flexibility index (Phi) is 6.13. The number of thiazole rings is 1. The average molecular weight is 495 g/mol. The Balaban J connectivity index is 1.53. The number of hydrogen-bond donors (Lipinski definition) is 1. The van der Waals surface area contributed by atoms with Gasteiger partial charge in [0.25, 0.3) is 0 Å². The molecule has 0 bridgehead atoms. The Bertz CT molecular complexity index is 917. The van der Waals surface area contributed by atoms with Crippen molar-refractivity contribution in [2.45, 2.75) is 49.9 Å². The monoisotopic (exact) mass is 494 g/mol. The zero-order chi connectivity index (χ0) is 21.2. The van der Waals surface area contributed by atoms with Gasteiger partial charge < -0.3 is 19.5 Å². The van der Waals surface area contributed by atoms with E-state index in [2.05, 4.69) is 20.9 Å². The number of carboxylic acids is 1. The Labute approximate surface area is 187 Å². The highest BCUT2D eigenvalue weighted by Gasteiger charge is 2.56. The number of benzene rings is 1. The summed E-state index contributed by atoms with van der Waals surface area (Å²) < 4.78 is 12.3. The number of carbonyl (C=O) groups excluding carboxylic acids is 1. The quantitative estimate of drug-likeness (QED) is 0.632. The van der Waals surface area contributed by atoms with Crippen LogP contribution >= 0.6 is 27.3 Å². The minimum Gasteiger partial charge on any atom is -0.480 e. The predicted molar refractivity (Wildman–Crippen MR) is 114 cm³/mol. The third-order valence-corrected chi connectivity index (χ3v) is 7.71. The molecular weight excluding hydrogens is 472 g/mol. The van der Waals surface area contributed by atoms with E-state index in [0.717, 1.165) is 29.8 Å². The number of hydrogen-bond acceptors (Lipinski definition) is 6. The fourth-order valence-corrected chi connectivity index (χ4v) is 5.83. The number of nitrogens with zero attached hydrogens (tertiary/aromatic N) is 2. The molecule has 30 heavy (non-hydrogen) atoms. The van der Waals surface area contributed by atoms with Gasteiger partial charge in [0.1, 0.15) is 28.4 Å². The summed E-state index contributed by atoms with van der Waals surface area (Å²) in [5.74, 6) is -1.02. The third kappa shape index (κ3) is 4.24. The lowest BCUT2D eigenvalue weighted by Crippen LogP contribution is -2.64. The molecule has 160 valence electrons. The van der Waals surface area contributed by atoms with Crippen LogP contribution in [-0.2, 0) is 26.5 Å². The van der Waals surface area contributed by atoms with Gasteiger partial charge in [-0.1, -0.05) is 30.3 Å². The van der Waals surface area contributed by atoms with Crippen LogP contribution in [0.2, 0.25) is 0 Å². The van der Waals surface area contributed by atoms with E-state index in [1.54, 1.807) is 0 Å². The third-order valence-electron chi connectivity index (χ3n) is 5.97. The molecule has 1 saturated heterocycles. The number of aromatic nitrogens is 1. The van der Waals surface area contributed by atoms with Crippen molar-refractivity contribution < 1.29 is 24.2 Å². The first-order chi connectivity index (χ1) is 14.4. The van der Waals surface area contributed by atoms with Gasteiger partial charge in [0, 0.05) is 30.3 Å². The molecule has 2 fully saturated rings. The summed E-state index contributed by atoms with van der Waals surface area (Å²) in [6.07, 6.45) is 3.37. The number of ether oxygens (including phenoxy) is 2. The van der Waals surface area contributed by atoms with Crippen LogP contribution in [0, 0.1) is 0 Å². The van der Waals surface area contributed by atoms with Gasteiger partial charge >= 0.3 is 12.1 Å². The van der Waals surface area contributed by atoms with Crippen LogP contribution in [0.3, 0.4) is 0 Å². The molecule has 1 aromatic carbocycles. The molecular formula is C21H23BrN2O5S. The average Bonchev–Trinajstić information content (AvgIpc) is 3.17. The van der Waals surface area contributed by atoms with Crippen LogP contribution < -0.4 is 0 Å². The van der Waals surface area contributed by atoms with Crippen LogP contribution in [-0.4, -0.2) is 45.7 Å².